The predicted molar refractivity (Wildman–Crippen MR) is 72.8 cm³/mol. The lowest BCUT2D eigenvalue weighted by Crippen LogP contribution is -2.25. The Morgan fingerprint density at radius 1 is 1.18 bits per heavy atom. The van der Waals surface area contributed by atoms with Crippen molar-refractivity contribution in [2.24, 2.45) is 5.92 Å². The van der Waals surface area contributed by atoms with Gasteiger partial charge in [-0.2, -0.15) is 0 Å². The molecule has 94 valence electrons. The number of rotatable bonds is 3. The molecule has 2 nitrogen and oxygen atoms in total. The van der Waals surface area contributed by atoms with Gasteiger partial charge in [0.05, 0.1) is 7.11 Å². The second-order valence-electron chi connectivity index (χ2n) is 5.28. The smallest absolute Gasteiger partial charge is 0.120 e. The number of hydrogen-bond donors (Lipinski definition) is 1. The fraction of sp³-hybridized carbons (Fsp3) is 0.600. The molecule has 1 aliphatic carbocycles. The lowest BCUT2D eigenvalue weighted by Gasteiger charge is -2.28. The van der Waals surface area contributed by atoms with Gasteiger partial charge >= 0.3 is 0 Å². The van der Waals surface area contributed by atoms with Crippen LogP contribution in [-0.4, -0.2) is 13.2 Å². The van der Waals surface area contributed by atoms with E-state index in [1.54, 1.807) is 7.11 Å². The van der Waals surface area contributed by atoms with Crippen molar-refractivity contribution >= 4 is 5.69 Å². The minimum absolute atomic E-state index is 0.636. The lowest BCUT2D eigenvalue weighted by atomic mass is 9.87. The summed E-state index contributed by atoms with van der Waals surface area (Å²) in [4.78, 5) is 0. The molecule has 0 aliphatic heterocycles. The van der Waals surface area contributed by atoms with Crippen molar-refractivity contribution in [3.63, 3.8) is 0 Å². The van der Waals surface area contributed by atoms with Crippen LogP contribution < -0.4 is 10.1 Å². The monoisotopic (exact) mass is 233 g/mol. The van der Waals surface area contributed by atoms with Gasteiger partial charge < -0.3 is 10.1 Å². The lowest BCUT2D eigenvalue weighted by molar-refractivity contribution is 0.361. The molecule has 2 heteroatoms. The Morgan fingerprint density at radius 2 is 1.88 bits per heavy atom. The summed E-state index contributed by atoms with van der Waals surface area (Å²) in [7, 11) is 1.72. The molecule has 0 bridgehead atoms. The molecule has 1 fully saturated rings. The van der Waals surface area contributed by atoms with Gasteiger partial charge in [-0.1, -0.05) is 13.0 Å². The molecular weight excluding hydrogens is 210 g/mol. The van der Waals surface area contributed by atoms with Gasteiger partial charge in [-0.25, -0.2) is 0 Å². The summed E-state index contributed by atoms with van der Waals surface area (Å²) in [6.07, 6.45) is 5.27. The summed E-state index contributed by atoms with van der Waals surface area (Å²) in [6, 6.07) is 6.88. The molecule has 0 amide bonds. The van der Waals surface area contributed by atoms with Crippen molar-refractivity contribution in [1.29, 1.82) is 0 Å². The van der Waals surface area contributed by atoms with Crippen LogP contribution in [0.25, 0.3) is 0 Å². The van der Waals surface area contributed by atoms with Crippen LogP contribution in [0.2, 0.25) is 0 Å². The Labute approximate surface area is 104 Å². The van der Waals surface area contributed by atoms with E-state index in [4.69, 9.17) is 4.74 Å². The first-order valence-corrected chi connectivity index (χ1v) is 6.60. The third kappa shape index (κ3) is 3.15. The molecular formula is C15H23NO. The first-order valence-electron chi connectivity index (χ1n) is 6.60. The highest BCUT2D eigenvalue weighted by atomic mass is 16.5. The summed E-state index contributed by atoms with van der Waals surface area (Å²) < 4.78 is 5.28. The molecule has 0 spiro atoms. The van der Waals surface area contributed by atoms with E-state index in [2.05, 4.69) is 31.3 Å². The minimum atomic E-state index is 0.636. The molecule has 17 heavy (non-hydrogen) atoms. The summed E-state index contributed by atoms with van der Waals surface area (Å²) in [5, 5.41) is 3.66. The number of methoxy groups -OCH3 is 1. The fourth-order valence-corrected chi connectivity index (χ4v) is 2.51. The Hall–Kier alpha value is -1.18. The number of hydrogen-bond acceptors (Lipinski definition) is 2. The first kappa shape index (κ1) is 12.3. The van der Waals surface area contributed by atoms with Crippen molar-refractivity contribution in [3.8, 4) is 5.75 Å². The van der Waals surface area contributed by atoms with Crippen LogP contribution in [0.15, 0.2) is 18.2 Å². The Morgan fingerprint density at radius 3 is 2.53 bits per heavy atom. The topological polar surface area (TPSA) is 21.3 Å². The van der Waals surface area contributed by atoms with Crippen molar-refractivity contribution in [2.75, 3.05) is 12.4 Å². The highest BCUT2D eigenvalue weighted by molar-refractivity contribution is 5.55. The molecule has 2 rings (SSSR count). The quantitative estimate of drug-likeness (QED) is 0.852. The highest BCUT2D eigenvalue weighted by Gasteiger charge is 2.18. The normalized spacial score (nSPS) is 24.4. The van der Waals surface area contributed by atoms with Gasteiger partial charge in [0.2, 0.25) is 0 Å². The molecule has 0 radical (unpaired) electrons. The van der Waals surface area contributed by atoms with Crippen LogP contribution in [0, 0.1) is 12.8 Å². The van der Waals surface area contributed by atoms with Gasteiger partial charge in [-0.15, -0.1) is 0 Å². The Balaban J connectivity index is 2.02. The molecule has 0 heterocycles. The summed E-state index contributed by atoms with van der Waals surface area (Å²) in [5.74, 6) is 1.83. The molecule has 1 N–H and O–H groups in total. The number of anilines is 1. The minimum Gasteiger partial charge on any atom is -0.497 e. The largest absolute Gasteiger partial charge is 0.497 e. The number of nitrogens with one attached hydrogen (secondary N) is 1. The Kier molecular flexibility index (Phi) is 3.93. The van der Waals surface area contributed by atoms with E-state index < -0.39 is 0 Å². The van der Waals surface area contributed by atoms with Gasteiger partial charge in [0.1, 0.15) is 5.75 Å². The molecule has 0 saturated heterocycles. The Bertz CT molecular complexity index is 367. The zero-order valence-electron chi connectivity index (χ0n) is 11.1. The van der Waals surface area contributed by atoms with Crippen LogP contribution in [0.4, 0.5) is 5.69 Å². The summed E-state index contributed by atoms with van der Waals surface area (Å²) in [5.41, 5.74) is 2.52. The van der Waals surface area contributed by atoms with Crippen molar-refractivity contribution in [2.45, 2.75) is 45.6 Å². The number of ether oxygens (including phenoxy) is 1. The maximum Gasteiger partial charge on any atom is 0.120 e. The maximum absolute atomic E-state index is 5.28. The van der Waals surface area contributed by atoms with Crippen LogP contribution in [-0.2, 0) is 0 Å². The molecule has 1 aliphatic rings. The van der Waals surface area contributed by atoms with Gasteiger partial charge in [0.15, 0.2) is 0 Å². The van der Waals surface area contributed by atoms with Crippen LogP contribution in [0.5, 0.6) is 5.75 Å². The summed E-state index contributed by atoms with van der Waals surface area (Å²) >= 11 is 0. The molecule has 1 aromatic carbocycles. The van der Waals surface area contributed by atoms with E-state index in [0.29, 0.717) is 6.04 Å². The third-order valence-corrected chi connectivity index (χ3v) is 3.82. The van der Waals surface area contributed by atoms with Gasteiger partial charge in [-0.3, -0.25) is 0 Å². The van der Waals surface area contributed by atoms with Crippen LogP contribution in [0.1, 0.15) is 38.2 Å². The van der Waals surface area contributed by atoms with Gasteiger partial charge in [-0.05, 0) is 50.2 Å². The number of benzene rings is 1. The second kappa shape index (κ2) is 5.44. The standard InChI is InChI=1S/C15H23NO/c1-11-4-7-13(8-5-11)16-15-10-14(17-3)9-6-12(15)2/h6,9-11,13,16H,4-5,7-8H2,1-3H3. The van der Waals surface area contributed by atoms with E-state index in [9.17, 15) is 0 Å². The van der Waals surface area contributed by atoms with Crippen molar-refractivity contribution < 1.29 is 4.74 Å². The van der Waals surface area contributed by atoms with E-state index in [1.807, 2.05) is 6.07 Å². The predicted octanol–water partition coefficient (Wildman–Crippen LogP) is 3.99. The molecule has 1 saturated carbocycles. The SMILES string of the molecule is COc1ccc(C)c(NC2CCC(C)CC2)c1. The van der Waals surface area contributed by atoms with Crippen LogP contribution in [0.3, 0.4) is 0 Å². The average Bonchev–Trinajstić information content (AvgIpc) is 2.35. The third-order valence-electron chi connectivity index (χ3n) is 3.82. The molecule has 1 aromatic rings. The zero-order chi connectivity index (χ0) is 12.3. The van der Waals surface area contributed by atoms with Gasteiger partial charge in [0, 0.05) is 17.8 Å². The first-order chi connectivity index (χ1) is 8.19. The average molecular weight is 233 g/mol. The van der Waals surface area contributed by atoms with Crippen LogP contribution >= 0.6 is 0 Å². The zero-order valence-corrected chi connectivity index (χ0v) is 11.1. The molecule has 0 atom stereocenters. The van der Waals surface area contributed by atoms with E-state index in [0.717, 1.165) is 11.7 Å². The van der Waals surface area contributed by atoms with E-state index >= 15 is 0 Å². The van der Waals surface area contributed by atoms with E-state index in [1.165, 1.54) is 36.9 Å². The summed E-state index contributed by atoms with van der Waals surface area (Å²) in [6.45, 7) is 4.50. The number of aryl methyl sites for hydroxylation is 1. The second-order valence-corrected chi connectivity index (χ2v) is 5.28. The van der Waals surface area contributed by atoms with Crippen molar-refractivity contribution in [3.05, 3.63) is 23.8 Å². The van der Waals surface area contributed by atoms with E-state index in [-0.39, 0.29) is 0 Å². The van der Waals surface area contributed by atoms with Gasteiger partial charge in [0.25, 0.3) is 0 Å². The fourth-order valence-electron chi connectivity index (χ4n) is 2.51. The molecule has 0 aromatic heterocycles. The molecule has 0 unspecified atom stereocenters. The maximum atomic E-state index is 5.28. The highest BCUT2D eigenvalue weighted by Crippen LogP contribution is 2.28. The van der Waals surface area contributed by atoms with Crippen molar-refractivity contribution in [1.82, 2.24) is 0 Å².